The maximum atomic E-state index is 14.3. The van der Waals surface area contributed by atoms with Gasteiger partial charge in [0, 0.05) is 51.0 Å². The minimum absolute atomic E-state index is 0.00457. The highest BCUT2D eigenvalue weighted by atomic mass is 35.5. The van der Waals surface area contributed by atoms with E-state index in [9.17, 15) is 14.7 Å². The van der Waals surface area contributed by atoms with Crippen LogP contribution in [-0.4, -0.2) is 74.9 Å². The molecule has 0 unspecified atom stereocenters. The zero-order chi connectivity index (χ0) is 32.0. The molecule has 4 aromatic rings. The van der Waals surface area contributed by atoms with E-state index < -0.39 is 11.8 Å². The number of amides is 1. The Kier molecular flexibility index (Phi) is 8.57. The van der Waals surface area contributed by atoms with E-state index in [1.165, 1.54) is 4.90 Å². The van der Waals surface area contributed by atoms with Crippen molar-refractivity contribution >= 4 is 40.2 Å². The summed E-state index contributed by atoms with van der Waals surface area (Å²) in [4.78, 5) is 46.1. The Morgan fingerprint density at radius 2 is 1.73 bits per heavy atom. The number of fused-ring (bicyclic) bond motifs is 1. The molecule has 1 amide bonds. The van der Waals surface area contributed by atoms with E-state index in [1.807, 2.05) is 81.9 Å². The van der Waals surface area contributed by atoms with Crippen molar-refractivity contribution in [2.45, 2.75) is 65.5 Å². The molecule has 4 heterocycles. The lowest BCUT2D eigenvalue weighted by Gasteiger charge is -2.43. The molecular weight excluding hydrogens is 578 g/mol. The van der Waals surface area contributed by atoms with E-state index in [2.05, 4.69) is 24.9 Å². The molecule has 5 rings (SSSR count). The molecule has 0 radical (unpaired) electrons. The number of anilines is 2. The Labute approximate surface area is 262 Å². The summed E-state index contributed by atoms with van der Waals surface area (Å²) >= 11 is 7.05. The largest absolute Gasteiger partial charge is 0.465 e. The molecule has 2 atom stereocenters. The highest BCUT2D eigenvalue weighted by Crippen LogP contribution is 2.39. The van der Waals surface area contributed by atoms with Crippen molar-refractivity contribution in [2.24, 2.45) is 0 Å². The molecule has 44 heavy (non-hydrogen) atoms. The summed E-state index contributed by atoms with van der Waals surface area (Å²) in [6.45, 7) is 12.8. The van der Waals surface area contributed by atoms with Crippen LogP contribution in [0.1, 0.15) is 64.6 Å². The SMILES string of the molecule is CC(C)c1ccccc1-c1nc2c(cc1Cl)c(N1C[C@@H](C)N(C(=O)O)C[C@@H]1C)nc(=O)n2-c1c(N(C)C)ccnc1C(C)C. The van der Waals surface area contributed by atoms with Gasteiger partial charge < -0.3 is 19.8 Å². The number of piperazine rings is 1. The van der Waals surface area contributed by atoms with Crippen molar-refractivity contribution in [3.05, 3.63) is 69.4 Å². The fourth-order valence-electron chi connectivity index (χ4n) is 6.09. The van der Waals surface area contributed by atoms with Gasteiger partial charge in [0.1, 0.15) is 5.82 Å². The number of hydrogen-bond acceptors (Lipinski definition) is 7. The van der Waals surface area contributed by atoms with Crippen molar-refractivity contribution in [1.82, 2.24) is 24.4 Å². The lowest BCUT2D eigenvalue weighted by molar-refractivity contribution is 0.114. The van der Waals surface area contributed by atoms with Crippen molar-refractivity contribution < 1.29 is 9.90 Å². The number of carboxylic acid groups (broad SMARTS) is 1. The maximum absolute atomic E-state index is 14.3. The first-order valence-electron chi connectivity index (χ1n) is 15.0. The number of rotatable bonds is 6. The quantitative estimate of drug-likeness (QED) is 0.265. The van der Waals surface area contributed by atoms with E-state index >= 15 is 0 Å². The highest BCUT2D eigenvalue weighted by molar-refractivity contribution is 6.34. The summed E-state index contributed by atoms with van der Waals surface area (Å²) in [6.07, 6.45) is 0.785. The minimum Gasteiger partial charge on any atom is -0.465 e. The summed E-state index contributed by atoms with van der Waals surface area (Å²) in [5.41, 5.74) is 4.65. The fourth-order valence-corrected chi connectivity index (χ4v) is 6.34. The third-order valence-corrected chi connectivity index (χ3v) is 8.61. The second kappa shape index (κ2) is 12.1. The van der Waals surface area contributed by atoms with E-state index in [4.69, 9.17) is 21.6 Å². The molecule has 232 valence electrons. The van der Waals surface area contributed by atoms with Crippen LogP contribution in [0.2, 0.25) is 5.02 Å². The van der Waals surface area contributed by atoms with E-state index in [-0.39, 0.29) is 30.5 Å². The number of carbonyl (C=O) groups is 1. The number of hydrogen-bond donors (Lipinski definition) is 1. The van der Waals surface area contributed by atoms with Gasteiger partial charge in [-0.15, -0.1) is 0 Å². The van der Waals surface area contributed by atoms with Gasteiger partial charge in [0.2, 0.25) is 0 Å². The van der Waals surface area contributed by atoms with Crippen LogP contribution in [0.25, 0.3) is 28.0 Å². The predicted molar refractivity (Wildman–Crippen MR) is 177 cm³/mol. The van der Waals surface area contributed by atoms with E-state index in [0.29, 0.717) is 39.8 Å². The molecule has 1 saturated heterocycles. The lowest BCUT2D eigenvalue weighted by Crippen LogP contribution is -2.58. The van der Waals surface area contributed by atoms with Crippen LogP contribution in [0.5, 0.6) is 0 Å². The number of nitrogens with zero attached hydrogens (tertiary/aromatic N) is 7. The standard InChI is InChI=1S/C33H40ClN7O3/c1-18(2)22-11-9-10-12-23(22)28-25(34)15-24-30(39-16-21(6)40(33(43)44)17-20(39)5)37-32(42)41(31(24)36-28)29-26(38(7)8)13-14-35-27(29)19(3)4/h9-15,18-21H,16-17H2,1-8H3,(H,43,44)/t20-,21+/m0/s1. The van der Waals surface area contributed by atoms with Crippen molar-refractivity contribution in [3.63, 3.8) is 0 Å². The molecule has 0 bridgehead atoms. The van der Waals surface area contributed by atoms with Crippen LogP contribution >= 0.6 is 11.6 Å². The van der Waals surface area contributed by atoms with Gasteiger partial charge in [-0.3, -0.25) is 4.98 Å². The molecule has 0 saturated carbocycles. The van der Waals surface area contributed by atoms with Crippen LogP contribution in [0.3, 0.4) is 0 Å². The third kappa shape index (κ3) is 5.47. The first-order valence-corrected chi connectivity index (χ1v) is 15.3. The summed E-state index contributed by atoms with van der Waals surface area (Å²) in [5, 5.41) is 10.8. The van der Waals surface area contributed by atoms with Gasteiger partial charge in [0.05, 0.1) is 33.2 Å². The van der Waals surface area contributed by atoms with Crippen LogP contribution in [0.15, 0.2) is 47.4 Å². The molecular formula is C33H40ClN7O3. The second-order valence-electron chi connectivity index (χ2n) is 12.4. The summed E-state index contributed by atoms with van der Waals surface area (Å²) < 4.78 is 1.57. The number of benzene rings is 1. The average Bonchev–Trinajstić information content (AvgIpc) is 2.97. The minimum atomic E-state index is -0.968. The molecule has 1 fully saturated rings. The Bertz CT molecular complexity index is 1760. The van der Waals surface area contributed by atoms with E-state index in [0.717, 1.165) is 22.5 Å². The van der Waals surface area contributed by atoms with Crippen LogP contribution in [0.4, 0.5) is 16.3 Å². The van der Waals surface area contributed by atoms with E-state index in [1.54, 1.807) is 10.8 Å². The first kappa shape index (κ1) is 31.3. The molecule has 0 spiro atoms. The van der Waals surface area contributed by atoms with Crippen LogP contribution < -0.4 is 15.5 Å². The highest BCUT2D eigenvalue weighted by Gasteiger charge is 2.35. The lowest BCUT2D eigenvalue weighted by atomic mass is 9.95. The average molecular weight is 618 g/mol. The Hall–Kier alpha value is -4.18. The predicted octanol–water partition coefficient (Wildman–Crippen LogP) is 6.39. The van der Waals surface area contributed by atoms with Gasteiger partial charge in [0.15, 0.2) is 5.65 Å². The van der Waals surface area contributed by atoms with Gasteiger partial charge >= 0.3 is 11.8 Å². The van der Waals surface area contributed by atoms with Crippen molar-refractivity contribution in [1.29, 1.82) is 0 Å². The van der Waals surface area contributed by atoms with Gasteiger partial charge in [-0.05, 0) is 43.4 Å². The van der Waals surface area contributed by atoms with Crippen LogP contribution in [-0.2, 0) is 0 Å². The van der Waals surface area contributed by atoms with Gasteiger partial charge in [-0.1, -0.05) is 63.6 Å². The number of halogens is 1. The first-order chi connectivity index (χ1) is 20.8. The van der Waals surface area contributed by atoms with Crippen LogP contribution in [0, 0.1) is 0 Å². The molecule has 1 aliphatic heterocycles. The Morgan fingerprint density at radius 3 is 2.36 bits per heavy atom. The topological polar surface area (TPSA) is 108 Å². The summed E-state index contributed by atoms with van der Waals surface area (Å²) in [7, 11) is 3.86. The monoisotopic (exact) mass is 617 g/mol. The Balaban J connectivity index is 1.89. The molecule has 11 heteroatoms. The molecule has 1 aliphatic rings. The molecule has 1 aromatic carbocycles. The fraction of sp³-hybridized carbons (Fsp3) is 0.424. The normalized spacial score (nSPS) is 17.2. The second-order valence-corrected chi connectivity index (χ2v) is 12.8. The maximum Gasteiger partial charge on any atom is 0.407 e. The molecule has 10 nitrogen and oxygen atoms in total. The third-order valence-electron chi connectivity index (χ3n) is 8.33. The molecule has 0 aliphatic carbocycles. The summed E-state index contributed by atoms with van der Waals surface area (Å²) in [5.74, 6) is 0.657. The number of aromatic nitrogens is 4. The van der Waals surface area contributed by atoms with Gasteiger partial charge in [-0.2, -0.15) is 4.98 Å². The molecule has 1 N–H and O–H groups in total. The van der Waals surface area contributed by atoms with Crippen molar-refractivity contribution in [2.75, 3.05) is 37.0 Å². The summed E-state index contributed by atoms with van der Waals surface area (Å²) in [6, 6.07) is 11.2. The smallest absolute Gasteiger partial charge is 0.407 e. The number of pyridine rings is 2. The van der Waals surface area contributed by atoms with Gasteiger partial charge in [-0.25, -0.2) is 19.1 Å². The molecule has 3 aromatic heterocycles. The van der Waals surface area contributed by atoms with Crippen molar-refractivity contribution in [3.8, 4) is 16.9 Å². The Morgan fingerprint density at radius 1 is 1.02 bits per heavy atom. The zero-order valence-corrected chi connectivity index (χ0v) is 27.3. The van der Waals surface area contributed by atoms with Gasteiger partial charge in [0.25, 0.3) is 0 Å². The zero-order valence-electron chi connectivity index (χ0n) is 26.5.